The van der Waals surface area contributed by atoms with Gasteiger partial charge in [-0.3, -0.25) is 14.6 Å². The highest BCUT2D eigenvalue weighted by Crippen LogP contribution is 2.24. The lowest BCUT2D eigenvalue weighted by atomic mass is 10.3. The molecule has 5 nitrogen and oxygen atoms in total. The largest absolute Gasteiger partial charge is 0.297 e. The molecule has 1 aliphatic rings. The zero-order chi connectivity index (χ0) is 14.1. The number of nitrogens with zero attached hydrogens (tertiary/aromatic N) is 4. The van der Waals surface area contributed by atoms with E-state index in [1.165, 1.54) is 25.9 Å². The van der Waals surface area contributed by atoms with Crippen molar-refractivity contribution in [3.8, 4) is 11.5 Å². The minimum absolute atomic E-state index is 0.278. The molecule has 20 heavy (non-hydrogen) atoms. The van der Waals surface area contributed by atoms with Gasteiger partial charge in [0, 0.05) is 11.4 Å². The average molecular weight is 309 g/mol. The van der Waals surface area contributed by atoms with Crippen LogP contribution >= 0.6 is 23.6 Å². The maximum atomic E-state index is 5.28. The van der Waals surface area contributed by atoms with Crippen LogP contribution in [0.5, 0.6) is 0 Å². The van der Waals surface area contributed by atoms with Crippen molar-refractivity contribution in [2.24, 2.45) is 0 Å². The van der Waals surface area contributed by atoms with Gasteiger partial charge in [0.15, 0.2) is 10.6 Å². The smallest absolute Gasteiger partial charge is 0.195 e. The fourth-order valence-corrected chi connectivity index (χ4v) is 3.74. The van der Waals surface area contributed by atoms with Crippen LogP contribution in [-0.2, 0) is 6.54 Å². The van der Waals surface area contributed by atoms with Gasteiger partial charge in [-0.1, -0.05) is 0 Å². The summed E-state index contributed by atoms with van der Waals surface area (Å²) in [7, 11) is 0. The predicted octanol–water partition coefficient (Wildman–Crippen LogP) is 3.24. The summed E-state index contributed by atoms with van der Waals surface area (Å²) in [6.45, 7) is 7.55. The lowest BCUT2D eigenvalue weighted by Gasteiger charge is -2.11. The molecule has 1 fully saturated rings. The van der Waals surface area contributed by atoms with Crippen molar-refractivity contribution in [2.45, 2.75) is 39.3 Å². The molecular formula is C13H19N5S2. The highest BCUT2D eigenvalue weighted by atomic mass is 32.1. The number of rotatable bonds is 4. The molecule has 0 spiro atoms. The molecule has 1 aliphatic heterocycles. The highest BCUT2D eigenvalue weighted by molar-refractivity contribution is 7.71. The van der Waals surface area contributed by atoms with Gasteiger partial charge in [-0.15, -0.1) is 11.3 Å². The molecule has 0 aromatic carbocycles. The van der Waals surface area contributed by atoms with Crippen molar-refractivity contribution in [2.75, 3.05) is 13.1 Å². The molecule has 3 rings (SSSR count). The Kier molecular flexibility index (Phi) is 4.00. The minimum Gasteiger partial charge on any atom is -0.297 e. The van der Waals surface area contributed by atoms with E-state index < -0.39 is 0 Å². The minimum atomic E-state index is 0.278. The van der Waals surface area contributed by atoms with Gasteiger partial charge in [-0.25, -0.2) is 4.98 Å². The van der Waals surface area contributed by atoms with E-state index in [2.05, 4.69) is 34.3 Å². The van der Waals surface area contributed by atoms with Gasteiger partial charge in [0.25, 0.3) is 0 Å². The molecule has 0 aliphatic carbocycles. The molecular weight excluding hydrogens is 290 g/mol. The van der Waals surface area contributed by atoms with Gasteiger partial charge in [-0.05, 0) is 52.0 Å². The third-order valence-electron chi connectivity index (χ3n) is 3.56. The summed E-state index contributed by atoms with van der Waals surface area (Å²) >= 11 is 6.99. The van der Waals surface area contributed by atoms with E-state index in [9.17, 15) is 0 Å². The van der Waals surface area contributed by atoms with Crippen LogP contribution in [0.25, 0.3) is 11.5 Å². The van der Waals surface area contributed by atoms with Gasteiger partial charge < -0.3 is 0 Å². The second kappa shape index (κ2) is 5.75. The molecule has 0 unspecified atom stereocenters. The first kappa shape index (κ1) is 13.9. The van der Waals surface area contributed by atoms with Crippen LogP contribution in [0.15, 0.2) is 5.38 Å². The second-order valence-electron chi connectivity index (χ2n) is 5.43. The van der Waals surface area contributed by atoms with E-state index in [4.69, 9.17) is 17.2 Å². The number of likely N-dealkylation sites (tertiary alicyclic amines) is 1. The van der Waals surface area contributed by atoms with E-state index >= 15 is 0 Å². The van der Waals surface area contributed by atoms with E-state index in [1.807, 2.05) is 4.57 Å². The van der Waals surface area contributed by atoms with Gasteiger partial charge in [0.05, 0.1) is 6.54 Å². The molecule has 7 heteroatoms. The Morgan fingerprint density at radius 1 is 1.40 bits per heavy atom. The van der Waals surface area contributed by atoms with Crippen molar-refractivity contribution in [3.05, 3.63) is 15.2 Å². The molecule has 2 aromatic heterocycles. The monoisotopic (exact) mass is 309 g/mol. The van der Waals surface area contributed by atoms with Crippen LogP contribution in [-0.4, -0.2) is 37.7 Å². The van der Waals surface area contributed by atoms with Crippen LogP contribution in [0.4, 0.5) is 0 Å². The lowest BCUT2D eigenvalue weighted by Crippen LogP contribution is -2.18. The molecule has 0 radical (unpaired) electrons. The fourth-order valence-electron chi connectivity index (χ4n) is 2.58. The summed E-state index contributed by atoms with van der Waals surface area (Å²) in [4.78, 5) is 7.19. The van der Waals surface area contributed by atoms with Crippen molar-refractivity contribution in [3.63, 3.8) is 0 Å². The van der Waals surface area contributed by atoms with Crippen LogP contribution in [0.3, 0.4) is 0 Å². The van der Waals surface area contributed by atoms with Crippen molar-refractivity contribution < 1.29 is 0 Å². The second-order valence-corrected chi connectivity index (χ2v) is 6.76. The van der Waals surface area contributed by atoms with Gasteiger partial charge in [-0.2, -0.15) is 5.10 Å². The van der Waals surface area contributed by atoms with Crippen molar-refractivity contribution >= 4 is 23.6 Å². The zero-order valence-corrected chi connectivity index (χ0v) is 13.4. The van der Waals surface area contributed by atoms with Crippen LogP contribution in [0.1, 0.15) is 37.7 Å². The molecule has 1 saturated heterocycles. The van der Waals surface area contributed by atoms with E-state index in [-0.39, 0.29) is 6.04 Å². The predicted molar refractivity (Wildman–Crippen MR) is 83.4 cm³/mol. The topological polar surface area (TPSA) is 49.7 Å². The average Bonchev–Trinajstić information content (AvgIpc) is 3.09. The van der Waals surface area contributed by atoms with Crippen molar-refractivity contribution in [1.29, 1.82) is 0 Å². The number of nitrogens with one attached hydrogen (secondary N) is 1. The lowest BCUT2D eigenvalue weighted by molar-refractivity contribution is 0.331. The zero-order valence-electron chi connectivity index (χ0n) is 11.8. The Morgan fingerprint density at radius 3 is 2.85 bits per heavy atom. The third-order valence-corrected chi connectivity index (χ3v) is 4.68. The van der Waals surface area contributed by atoms with E-state index in [0.29, 0.717) is 4.77 Å². The molecule has 0 saturated carbocycles. The Bertz CT molecular complexity index is 633. The van der Waals surface area contributed by atoms with Gasteiger partial charge in [0.1, 0.15) is 10.7 Å². The summed E-state index contributed by atoms with van der Waals surface area (Å²) in [5.41, 5.74) is 0.922. The van der Waals surface area contributed by atoms with Gasteiger partial charge >= 0.3 is 0 Å². The summed E-state index contributed by atoms with van der Waals surface area (Å²) in [6, 6.07) is 0.278. The van der Waals surface area contributed by atoms with E-state index in [1.54, 1.807) is 11.3 Å². The summed E-state index contributed by atoms with van der Waals surface area (Å²) in [5.74, 6) is 0.842. The quantitative estimate of drug-likeness (QED) is 0.881. The first-order chi connectivity index (χ1) is 9.65. The highest BCUT2D eigenvalue weighted by Gasteiger charge is 2.17. The Balaban J connectivity index is 1.84. The third kappa shape index (κ3) is 2.70. The van der Waals surface area contributed by atoms with Gasteiger partial charge in [0.2, 0.25) is 0 Å². The Labute approximate surface area is 127 Å². The first-order valence-electron chi connectivity index (χ1n) is 6.99. The summed E-state index contributed by atoms with van der Waals surface area (Å²) in [6.07, 6.45) is 2.62. The maximum absolute atomic E-state index is 5.28. The molecule has 0 bridgehead atoms. The molecule has 3 heterocycles. The maximum Gasteiger partial charge on any atom is 0.195 e. The normalized spacial score (nSPS) is 16.4. The van der Waals surface area contributed by atoms with E-state index in [0.717, 1.165) is 23.1 Å². The molecule has 2 aromatic rings. The first-order valence-corrected chi connectivity index (χ1v) is 8.28. The molecule has 0 amide bonds. The number of hydrogen-bond donors (Lipinski definition) is 1. The molecule has 108 valence electrons. The Hall–Kier alpha value is -1.05. The molecule has 1 N–H and O–H groups in total. The molecule has 0 atom stereocenters. The van der Waals surface area contributed by atoms with Crippen LogP contribution < -0.4 is 0 Å². The summed E-state index contributed by atoms with van der Waals surface area (Å²) < 4.78 is 2.67. The summed E-state index contributed by atoms with van der Waals surface area (Å²) in [5, 5.41) is 10.4. The fraction of sp³-hybridized carbons (Fsp3) is 0.615. The Morgan fingerprint density at radius 2 is 2.15 bits per heavy atom. The number of aromatic nitrogens is 4. The number of H-pyrrole nitrogens is 1. The van der Waals surface area contributed by atoms with Crippen LogP contribution in [0.2, 0.25) is 0 Å². The van der Waals surface area contributed by atoms with Crippen molar-refractivity contribution in [1.82, 2.24) is 24.6 Å². The number of hydrogen-bond acceptors (Lipinski definition) is 5. The SMILES string of the molecule is CC(C)n1c(-c2csc(CN3CCCC3)n2)n[nH]c1=S. The number of thiazole rings is 1. The standard InChI is InChI=1S/C13H19N5S2/c1-9(2)18-12(15-16-13(18)19)10-8-20-11(14-10)7-17-5-3-4-6-17/h8-9H,3-7H2,1-2H3,(H,16,19). The number of aromatic amines is 1. The van der Waals surface area contributed by atoms with Crippen LogP contribution in [0, 0.1) is 4.77 Å².